The first-order chi connectivity index (χ1) is 8.90. The number of carbonyl (C=O) groups excluding carboxylic acids is 1. The summed E-state index contributed by atoms with van der Waals surface area (Å²) in [6.45, 7) is 0. The van der Waals surface area contributed by atoms with Gasteiger partial charge in [0.15, 0.2) is 0 Å². The molecule has 1 aliphatic carbocycles. The van der Waals surface area contributed by atoms with Gasteiger partial charge in [0.05, 0.1) is 13.4 Å². The zero-order valence-electron chi connectivity index (χ0n) is 10.8. The Labute approximate surface area is 112 Å². The highest BCUT2D eigenvalue weighted by Crippen LogP contribution is 2.32. The van der Waals surface area contributed by atoms with Crippen LogP contribution in [-0.4, -0.2) is 33.9 Å². The highest BCUT2D eigenvalue weighted by molar-refractivity contribution is 7.92. The molecule has 1 aromatic rings. The van der Waals surface area contributed by atoms with Crippen molar-refractivity contribution in [2.75, 3.05) is 23.0 Å². The number of methoxy groups -OCH3 is 1. The molecule has 0 spiro atoms. The first kappa shape index (κ1) is 13.7. The summed E-state index contributed by atoms with van der Waals surface area (Å²) in [5.74, 6) is 0. The lowest BCUT2D eigenvalue weighted by atomic mass is 10.2. The Kier molecular flexibility index (Phi) is 3.66. The third-order valence-electron chi connectivity index (χ3n) is 2.73. The third-order valence-corrected chi connectivity index (χ3v) is 3.34. The average Bonchev–Trinajstić information content (AvgIpc) is 3.14. The van der Waals surface area contributed by atoms with Gasteiger partial charge < -0.3 is 4.74 Å². The second-order valence-corrected chi connectivity index (χ2v) is 6.24. The van der Waals surface area contributed by atoms with Gasteiger partial charge in [-0.15, -0.1) is 0 Å². The number of hydrogen-bond donors (Lipinski definition) is 1. The van der Waals surface area contributed by atoms with Gasteiger partial charge in [-0.3, -0.25) is 9.62 Å². The summed E-state index contributed by atoms with van der Waals surface area (Å²) in [5.41, 5.74) is 1.17. The van der Waals surface area contributed by atoms with Crippen LogP contribution in [0.3, 0.4) is 0 Å². The first-order valence-corrected chi connectivity index (χ1v) is 7.75. The maximum atomic E-state index is 11.7. The van der Waals surface area contributed by atoms with Crippen molar-refractivity contribution in [3.63, 3.8) is 0 Å². The van der Waals surface area contributed by atoms with Gasteiger partial charge in [0, 0.05) is 17.4 Å². The molecule has 0 saturated heterocycles. The summed E-state index contributed by atoms with van der Waals surface area (Å²) in [6, 6.07) is 6.82. The van der Waals surface area contributed by atoms with E-state index >= 15 is 0 Å². The lowest BCUT2D eigenvalue weighted by Gasteiger charge is -2.21. The quantitative estimate of drug-likeness (QED) is 0.914. The van der Waals surface area contributed by atoms with Gasteiger partial charge in [-0.1, -0.05) is 0 Å². The van der Waals surface area contributed by atoms with Crippen molar-refractivity contribution in [3.05, 3.63) is 24.3 Å². The number of carbonyl (C=O) groups is 1. The summed E-state index contributed by atoms with van der Waals surface area (Å²) in [7, 11) is -1.95. The van der Waals surface area contributed by atoms with Crippen molar-refractivity contribution in [3.8, 4) is 0 Å². The van der Waals surface area contributed by atoms with E-state index < -0.39 is 16.1 Å². The SMILES string of the molecule is COC(=O)N(c1ccc(NS(C)(=O)=O)cc1)C1CC1. The minimum absolute atomic E-state index is 0.182. The van der Waals surface area contributed by atoms with Gasteiger partial charge in [-0.2, -0.15) is 0 Å². The minimum Gasteiger partial charge on any atom is -0.452 e. The smallest absolute Gasteiger partial charge is 0.414 e. The summed E-state index contributed by atoms with van der Waals surface area (Å²) >= 11 is 0. The van der Waals surface area contributed by atoms with Crippen LogP contribution in [0.1, 0.15) is 12.8 Å². The topological polar surface area (TPSA) is 75.7 Å². The molecule has 1 amide bonds. The summed E-state index contributed by atoms with van der Waals surface area (Å²) < 4.78 is 29.3. The Morgan fingerprint density at radius 2 is 1.89 bits per heavy atom. The fourth-order valence-electron chi connectivity index (χ4n) is 1.80. The van der Waals surface area contributed by atoms with Crippen molar-refractivity contribution < 1.29 is 17.9 Å². The van der Waals surface area contributed by atoms with Crippen molar-refractivity contribution in [1.29, 1.82) is 0 Å². The molecule has 0 heterocycles. The molecule has 0 unspecified atom stereocenters. The highest BCUT2D eigenvalue weighted by Gasteiger charge is 2.34. The molecule has 7 heteroatoms. The largest absolute Gasteiger partial charge is 0.452 e. The Morgan fingerprint density at radius 1 is 1.32 bits per heavy atom. The van der Waals surface area contributed by atoms with Gasteiger partial charge in [-0.25, -0.2) is 13.2 Å². The van der Waals surface area contributed by atoms with E-state index in [0.717, 1.165) is 19.1 Å². The number of amides is 1. The molecule has 1 fully saturated rings. The molecule has 1 aromatic carbocycles. The molecule has 0 bridgehead atoms. The summed E-state index contributed by atoms with van der Waals surface area (Å²) in [4.78, 5) is 13.3. The molecular formula is C12H16N2O4S. The molecule has 1 saturated carbocycles. The van der Waals surface area contributed by atoms with Crippen molar-refractivity contribution in [1.82, 2.24) is 0 Å². The van der Waals surface area contributed by atoms with Crippen LogP contribution in [0.2, 0.25) is 0 Å². The van der Waals surface area contributed by atoms with Crippen LogP contribution >= 0.6 is 0 Å². The van der Waals surface area contributed by atoms with Crippen LogP contribution in [0.4, 0.5) is 16.2 Å². The summed E-state index contributed by atoms with van der Waals surface area (Å²) in [5, 5.41) is 0. The fraction of sp³-hybridized carbons (Fsp3) is 0.417. The molecule has 1 aliphatic rings. The first-order valence-electron chi connectivity index (χ1n) is 5.86. The maximum Gasteiger partial charge on any atom is 0.414 e. The predicted molar refractivity (Wildman–Crippen MR) is 72.8 cm³/mol. The molecule has 1 N–H and O–H groups in total. The van der Waals surface area contributed by atoms with Crippen LogP contribution in [0.25, 0.3) is 0 Å². The van der Waals surface area contributed by atoms with Gasteiger partial charge in [0.1, 0.15) is 0 Å². The van der Waals surface area contributed by atoms with Gasteiger partial charge >= 0.3 is 6.09 Å². The van der Waals surface area contributed by atoms with Gasteiger partial charge in [0.2, 0.25) is 10.0 Å². The van der Waals surface area contributed by atoms with E-state index in [0.29, 0.717) is 11.4 Å². The fourth-order valence-corrected chi connectivity index (χ4v) is 2.36. The van der Waals surface area contributed by atoms with E-state index in [9.17, 15) is 13.2 Å². The van der Waals surface area contributed by atoms with Crippen molar-refractivity contribution in [2.24, 2.45) is 0 Å². The van der Waals surface area contributed by atoms with E-state index in [2.05, 4.69) is 4.72 Å². The van der Waals surface area contributed by atoms with Gasteiger partial charge in [0.25, 0.3) is 0 Å². The molecule has 0 atom stereocenters. The van der Waals surface area contributed by atoms with E-state index in [-0.39, 0.29) is 6.04 Å². The normalized spacial score (nSPS) is 14.8. The molecule has 0 radical (unpaired) electrons. The van der Waals surface area contributed by atoms with E-state index in [1.54, 1.807) is 29.2 Å². The Balaban J connectivity index is 2.18. The predicted octanol–water partition coefficient (Wildman–Crippen LogP) is 1.79. The zero-order valence-corrected chi connectivity index (χ0v) is 11.6. The number of rotatable bonds is 4. The number of hydrogen-bond acceptors (Lipinski definition) is 4. The minimum atomic E-state index is -3.29. The van der Waals surface area contributed by atoms with Crippen LogP contribution in [-0.2, 0) is 14.8 Å². The standard InChI is InChI=1S/C12H16N2O4S/c1-18-12(15)14(11-7-8-11)10-5-3-9(4-6-10)13-19(2,16)17/h3-6,11,13H,7-8H2,1-2H3. The number of sulfonamides is 1. The summed E-state index contributed by atoms with van der Waals surface area (Å²) in [6.07, 6.45) is 2.61. The van der Waals surface area contributed by atoms with Crippen LogP contribution in [0.5, 0.6) is 0 Å². The van der Waals surface area contributed by atoms with E-state index in [1.807, 2.05) is 0 Å². The van der Waals surface area contributed by atoms with E-state index in [4.69, 9.17) is 4.74 Å². The molecular weight excluding hydrogens is 268 g/mol. The molecule has 2 rings (SSSR count). The Morgan fingerprint density at radius 3 is 2.32 bits per heavy atom. The molecule has 6 nitrogen and oxygen atoms in total. The molecule has 0 aliphatic heterocycles. The van der Waals surface area contributed by atoms with E-state index in [1.165, 1.54) is 7.11 Å². The number of anilines is 2. The lowest BCUT2D eigenvalue weighted by Crippen LogP contribution is -2.32. The third kappa shape index (κ3) is 3.60. The lowest BCUT2D eigenvalue weighted by molar-refractivity contribution is 0.178. The van der Waals surface area contributed by atoms with Crippen molar-refractivity contribution in [2.45, 2.75) is 18.9 Å². The molecule has 0 aromatic heterocycles. The second kappa shape index (κ2) is 5.08. The Bertz CT molecular complexity index is 564. The maximum absolute atomic E-state index is 11.7. The zero-order chi connectivity index (χ0) is 14.0. The van der Waals surface area contributed by atoms with Crippen molar-refractivity contribution >= 4 is 27.5 Å². The number of ether oxygens (including phenoxy) is 1. The number of nitrogens with one attached hydrogen (secondary N) is 1. The highest BCUT2D eigenvalue weighted by atomic mass is 32.2. The van der Waals surface area contributed by atoms with Crippen LogP contribution in [0.15, 0.2) is 24.3 Å². The molecule has 104 valence electrons. The monoisotopic (exact) mass is 284 g/mol. The second-order valence-electron chi connectivity index (χ2n) is 4.49. The average molecular weight is 284 g/mol. The Hall–Kier alpha value is -1.76. The van der Waals surface area contributed by atoms with Gasteiger partial charge in [-0.05, 0) is 37.1 Å². The number of nitrogens with zero attached hydrogens (tertiary/aromatic N) is 1. The molecule has 19 heavy (non-hydrogen) atoms. The van der Waals surface area contributed by atoms with Crippen LogP contribution in [0, 0.1) is 0 Å². The van der Waals surface area contributed by atoms with Crippen LogP contribution < -0.4 is 9.62 Å². The number of benzene rings is 1.